The number of hydrogen-bond donors (Lipinski definition) is 1. The van der Waals surface area contributed by atoms with Crippen LogP contribution in [0.15, 0.2) is 48.6 Å². The van der Waals surface area contributed by atoms with E-state index in [1.165, 1.54) is 5.39 Å². The Kier molecular flexibility index (Phi) is 3.02. The minimum Gasteiger partial charge on any atom is -0.308 e. The lowest BCUT2D eigenvalue weighted by Gasteiger charge is -2.15. The Morgan fingerprint density at radius 1 is 1.25 bits per heavy atom. The maximum absolute atomic E-state index is 4.64. The Morgan fingerprint density at radius 2 is 2.00 bits per heavy atom. The van der Waals surface area contributed by atoms with Gasteiger partial charge in [0.1, 0.15) is 0 Å². The average molecular weight is 212 g/mol. The molecule has 82 valence electrons. The molecule has 0 saturated heterocycles. The summed E-state index contributed by atoms with van der Waals surface area (Å²) < 4.78 is 0. The molecule has 1 N–H and O–H groups in total. The number of aromatic nitrogens is 1. The first-order chi connectivity index (χ1) is 7.72. The monoisotopic (exact) mass is 212 g/mol. The fourth-order valence-electron chi connectivity index (χ4n) is 1.89. The first-order valence-corrected chi connectivity index (χ1v) is 5.40. The van der Waals surface area contributed by atoms with E-state index in [4.69, 9.17) is 0 Å². The maximum atomic E-state index is 4.64. The summed E-state index contributed by atoms with van der Waals surface area (Å²) in [5, 5.41) is 4.39. The molecule has 1 atom stereocenters. The summed E-state index contributed by atoms with van der Waals surface area (Å²) in [5.41, 5.74) is 3.13. The molecule has 2 rings (SSSR count). The molecule has 2 nitrogen and oxygen atoms in total. The van der Waals surface area contributed by atoms with Crippen molar-refractivity contribution in [1.29, 1.82) is 0 Å². The number of benzene rings is 1. The third-order valence-corrected chi connectivity index (χ3v) is 2.70. The van der Waals surface area contributed by atoms with E-state index in [2.05, 4.69) is 35.1 Å². The first kappa shape index (κ1) is 10.8. The predicted molar refractivity (Wildman–Crippen MR) is 68.4 cm³/mol. The third kappa shape index (κ3) is 1.97. The van der Waals surface area contributed by atoms with Gasteiger partial charge in [-0.1, -0.05) is 36.4 Å². The average Bonchev–Trinajstić information content (AvgIpc) is 2.29. The SMILES string of the molecule is C=C(C)C(NC)c1ccc2ccccc2n1. The Bertz CT molecular complexity index is 517. The lowest BCUT2D eigenvalue weighted by atomic mass is 10.1. The van der Waals surface area contributed by atoms with Crippen molar-refractivity contribution >= 4 is 10.9 Å². The number of rotatable bonds is 3. The van der Waals surface area contributed by atoms with Gasteiger partial charge >= 0.3 is 0 Å². The highest BCUT2D eigenvalue weighted by atomic mass is 14.9. The van der Waals surface area contributed by atoms with Gasteiger partial charge in [-0.2, -0.15) is 0 Å². The minimum atomic E-state index is 0.129. The van der Waals surface area contributed by atoms with Crippen molar-refractivity contribution in [2.24, 2.45) is 0 Å². The number of hydrogen-bond acceptors (Lipinski definition) is 2. The second-order valence-corrected chi connectivity index (χ2v) is 4.00. The number of nitrogens with one attached hydrogen (secondary N) is 1. The van der Waals surface area contributed by atoms with Crippen LogP contribution in [0.4, 0.5) is 0 Å². The molecule has 0 aliphatic carbocycles. The molecule has 2 heteroatoms. The second kappa shape index (κ2) is 4.45. The van der Waals surface area contributed by atoms with Crippen molar-refractivity contribution < 1.29 is 0 Å². The van der Waals surface area contributed by atoms with Crippen LogP contribution in [0.25, 0.3) is 10.9 Å². The standard InChI is InChI=1S/C14H16N2/c1-10(2)14(15-3)13-9-8-11-6-4-5-7-12(11)16-13/h4-9,14-15H,1H2,2-3H3. The summed E-state index contributed by atoms with van der Waals surface area (Å²) in [6.45, 7) is 5.99. The van der Waals surface area contributed by atoms with Crippen LogP contribution >= 0.6 is 0 Å². The summed E-state index contributed by atoms with van der Waals surface area (Å²) in [4.78, 5) is 4.64. The summed E-state index contributed by atoms with van der Waals surface area (Å²) >= 11 is 0. The molecule has 1 heterocycles. The third-order valence-electron chi connectivity index (χ3n) is 2.70. The van der Waals surface area contributed by atoms with Crippen LogP contribution in [-0.2, 0) is 0 Å². The minimum absolute atomic E-state index is 0.129. The molecule has 0 bridgehead atoms. The molecule has 16 heavy (non-hydrogen) atoms. The van der Waals surface area contributed by atoms with E-state index in [0.717, 1.165) is 16.8 Å². The molecular formula is C14H16N2. The van der Waals surface area contributed by atoms with Crippen molar-refractivity contribution in [2.45, 2.75) is 13.0 Å². The highest BCUT2D eigenvalue weighted by Crippen LogP contribution is 2.20. The molecule has 0 saturated carbocycles. The zero-order valence-electron chi connectivity index (χ0n) is 9.70. The summed E-state index contributed by atoms with van der Waals surface area (Å²) in [6, 6.07) is 12.4. The van der Waals surface area contributed by atoms with Gasteiger partial charge < -0.3 is 5.32 Å². The number of nitrogens with zero attached hydrogens (tertiary/aromatic N) is 1. The lowest BCUT2D eigenvalue weighted by Crippen LogP contribution is -2.18. The van der Waals surface area contributed by atoms with Crippen LogP contribution in [0.3, 0.4) is 0 Å². The van der Waals surface area contributed by atoms with E-state index >= 15 is 0 Å². The zero-order chi connectivity index (χ0) is 11.5. The van der Waals surface area contributed by atoms with E-state index in [9.17, 15) is 0 Å². The van der Waals surface area contributed by atoms with Crippen LogP contribution in [0.1, 0.15) is 18.7 Å². The molecule has 0 amide bonds. The van der Waals surface area contributed by atoms with Crippen LogP contribution in [-0.4, -0.2) is 12.0 Å². The first-order valence-electron chi connectivity index (χ1n) is 5.40. The van der Waals surface area contributed by atoms with Gasteiger partial charge in [0, 0.05) is 5.39 Å². The van der Waals surface area contributed by atoms with Crippen LogP contribution < -0.4 is 5.32 Å². The molecule has 2 aromatic rings. The van der Waals surface area contributed by atoms with E-state index in [1.807, 2.05) is 32.2 Å². The summed E-state index contributed by atoms with van der Waals surface area (Å²) in [7, 11) is 1.93. The van der Waals surface area contributed by atoms with E-state index < -0.39 is 0 Å². The topological polar surface area (TPSA) is 24.9 Å². The molecule has 1 unspecified atom stereocenters. The van der Waals surface area contributed by atoms with Gasteiger partial charge in [-0.05, 0) is 26.1 Å². The van der Waals surface area contributed by atoms with Crippen molar-refractivity contribution in [1.82, 2.24) is 10.3 Å². The Hall–Kier alpha value is -1.67. The Morgan fingerprint density at radius 3 is 2.69 bits per heavy atom. The molecule has 0 fully saturated rings. The van der Waals surface area contributed by atoms with E-state index in [0.29, 0.717) is 0 Å². The van der Waals surface area contributed by atoms with Gasteiger partial charge in [0.2, 0.25) is 0 Å². The van der Waals surface area contributed by atoms with Crippen LogP contribution in [0.5, 0.6) is 0 Å². The van der Waals surface area contributed by atoms with Gasteiger partial charge in [0.05, 0.1) is 17.3 Å². The molecule has 0 radical (unpaired) electrons. The van der Waals surface area contributed by atoms with Crippen molar-refractivity contribution in [2.75, 3.05) is 7.05 Å². The van der Waals surface area contributed by atoms with Gasteiger partial charge in [-0.25, -0.2) is 0 Å². The van der Waals surface area contributed by atoms with Crippen molar-refractivity contribution in [3.8, 4) is 0 Å². The number of para-hydroxylation sites is 1. The molecule has 0 aliphatic rings. The van der Waals surface area contributed by atoms with E-state index in [1.54, 1.807) is 0 Å². The summed E-state index contributed by atoms with van der Waals surface area (Å²) in [5.74, 6) is 0. The van der Waals surface area contributed by atoms with Crippen LogP contribution in [0, 0.1) is 0 Å². The van der Waals surface area contributed by atoms with Crippen LogP contribution in [0.2, 0.25) is 0 Å². The number of fused-ring (bicyclic) bond motifs is 1. The quantitative estimate of drug-likeness (QED) is 0.791. The molecule has 0 aliphatic heterocycles. The number of pyridine rings is 1. The largest absolute Gasteiger partial charge is 0.308 e. The fourth-order valence-corrected chi connectivity index (χ4v) is 1.89. The summed E-state index contributed by atoms with van der Waals surface area (Å²) in [6.07, 6.45) is 0. The second-order valence-electron chi connectivity index (χ2n) is 4.00. The van der Waals surface area contributed by atoms with Crippen molar-refractivity contribution in [3.63, 3.8) is 0 Å². The fraction of sp³-hybridized carbons (Fsp3) is 0.214. The highest BCUT2D eigenvalue weighted by molar-refractivity contribution is 5.78. The number of likely N-dealkylation sites (N-methyl/N-ethyl adjacent to an activating group) is 1. The van der Waals surface area contributed by atoms with Gasteiger partial charge in [0.25, 0.3) is 0 Å². The zero-order valence-corrected chi connectivity index (χ0v) is 9.70. The molecule has 1 aromatic carbocycles. The van der Waals surface area contributed by atoms with Crippen molar-refractivity contribution in [3.05, 3.63) is 54.2 Å². The van der Waals surface area contributed by atoms with Gasteiger partial charge in [-0.15, -0.1) is 0 Å². The van der Waals surface area contributed by atoms with Gasteiger partial charge in [0.15, 0.2) is 0 Å². The Labute approximate surface area is 96.0 Å². The highest BCUT2D eigenvalue weighted by Gasteiger charge is 2.11. The molecule has 1 aromatic heterocycles. The molecular weight excluding hydrogens is 196 g/mol. The Balaban J connectivity index is 2.49. The van der Waals surface area contributed by atoms with Gasteiger partial charge in [-0.3, -0.25) is 4.98 Å². The lowest BCUT2D eigenvalue weighted by molar-refractivity contribution is 0.662. The maximum Gasteiger partial charge on any atom is 0.0706 e. The van der Waals surface area contributed by atoms with E-state index in [-0.39, 0.29) is 6.04 Å². The predicted octanol–water partition coefficient (Wildman–Crippen LogP) is 3.07. The molecule has 0 spiro atoms. The smallest absolute Gasteiger partial charge is 0.0706 e. The normalized spacial score (nSPS) is 12.6.